The number of hydrogen-bond donors (Lipinski definition) is 0. The van der Waals surface area contributed by atoms with Crippen LogP contribution in [0.2, 0.25) is 0 Å². The number of aromatic nitrogens is 1. The van der Waals surface area contributed by atoms with Crippen molar-refractivity contribution in [3.63, 3.8) is 0 Å². The largest absolute Gasteiger partial charge is 0.336 e. The number of benzene rings is 3. The zero-order valence-corrected chi connectivity index (χ0v) is 13.2. The van der Waals surface area contributed by atoms with Crippen molar-refractivity contribution in [3.05, 3.63) is 96.1 Å². The van der Waals surface area contributed by atoms with Crippen LogP contribution >= 0.6 is 0 Å². The average Bonchev–Trinajstić information content (AvgIpc) is 3.01. The van der Waals surface area contributed by atoms with Crippen molar-refractivity contribution >= 4 is 10.9 Å². The fourth-order valence-corrected chi connectivity index (χ4v) is 3.12. The minimum Gasteiger partial charge on any atom is -0.336 e. The summed E-state index contributed by atoms with van der Waals surface area (Å²) in [7, 11) is 0. The Balaban J connectivity index is 1.93. The van der Waals surface area contributed by atoms with E-state index in [1.165, 1.54) is 16.8 Å². The van der Waals surface area contributed by atoms with Crippen LogP contribution in [-0.4, -0.2) is 4.57 Å². The predicted molar refractivity (Wildman–Crippen MR) is 97.6 cm³/mol. The van der Waals surface area contributed by atoms with E-state index in [0.717, 1.165) is 17.4 Å². The van der Waals surface area contributed by atoms with E-state index in [1.54, 1.807) is 0 Å². The molecule has 0 N–H and O–H groups in total. The van der Waals surface area contributed by atoms with Gasteiger partial charge in [0.25, 0.3) is 0 Å². The molecule has 24 heavy (non-hydrogen) atoms. The Kier molecular flexibility index (Phi) is 3.61. The van der Waals surface area contributed by atoms with Gasteiger partial charge in [-0.2, -0.15) is 5.26 Å². The molecule has 4 rings (SSSR count). The lowest BCUT2D eigenvalue weighted by Crippen LogP contribution is -2.01. The SMILES string of the molecule is N#Cc1ccc2c(c1)cc(-c1ccccc1)n2Cc1ccccc1. The van der Waals surface area contributed by atoms with Crippen LogP contribution < -0.4 is 0 Å². The predicted octanol–water partition coefficient (Wildman–Crippen LogP) is 5.23. The van der Waals surface area contributed by atoms with Gasteiger partial charge in [0, 0.05) is 23.1 Å². The first-order valence-electron chi connectivity index (χ1n) is 7.98. The maximum absolute atomic E-state index is 9.17. The third-order valence-corrected chi connectivity index (χ3v) is 4.28. The van der Waals surface area contributed by atoms with Gasteiger partial charge in [0.15, 0.2) is 0 Å². The molecule has 3 aromatic carbocycles. The third-order valence-electron chi connectivity index (χ3n) is 4.28. The highest BCUT2D eigenvalue weighted by molar-refractivity contribution is 5.88. The molecule has 0 amide bonds. The first-order valence-corrected chi connectivity index (χ1v) is 7.98. The van der Waals surface area contributed by atoms with Gasteiger partial charge in [-0.3, -0.25) is 0 Å². The summed E-state index contributed by atoms with van der Waals surface area (Å²) < 4.78 is 2.32. The van der Waals surface area contributed by atoms with Gasteiger partial charge in [-0.25, -0.2) is 0 Å². The van der Waals surface area contributed by atoms with Crippen molar-refractivity contribution < 1.29 is 0 Å². The first-order chi connectivity index (χ1) is 11.8. The van der Waals surface area contributed by atoms with Crippen LogP contribution in [-0.2, 0) is 6.54 Å². The van der Waals surface area contributed by atoms with Gasteiger partial charge in [0.1, 0.15) is 0 Å². The summed E-state index contributed by atoms with van der Waals surface area (Å²) in [5.41, 5.74) is 5.46. The molecule has 0 bridgehead atoms. The minimum atomic E-state index is 0.693. The van der Waals surface area contributed by atoms with Crippen LogP contribution in [0.3, 0.4) is 0 Å². The topological polar surface area (TPSA) is 28.7 Å². The lowest BCUT2D eigenvalue weighted by Gasteiger charge is -2.11. The van der Waals surface area contributed by atoms with Crippen LogP contribution in [0.4, 0.5) is 0 Å². The van der Waals surface area contributed by atoms with E-state index in [1.807, 2.05) is 30.3 Å². The molecular weight excluding hydrogens is 292 g/mol. The quantitative estimate of drug-likeness (QED) is 0.509. The van der Waals surface area contributed by atoms with Crippen LogP contribution in [0.15, 0.2) is 84.9 Å². The molecule has 0 aliphatic rings. The molecule has 2 nitrogen and oxygen atoms in total. The number of hydrogen-bond acceptors (Lipinski definition) is 1. The van der Waals surface area contributed by atoms with Gasteiger partial charge in [0.2, 0.25) is 0 Å². The van der Waals surface area contributed by atoms with E-state index in [9.17, 15) is 0 Å². The highest BCUT2D eigenvalue weighted by Crippen LogP contribution is 2.29. The van der Waals surface area contributed by atoms with Crippen LogP contribution in [0.1, 0.15) is 11.1 Å². The molecule has 0 unspecified atom stereocenters. The summed E-state index contributed by atoms with van der Waals surface area (Å²) in [4.78, 5) is 0. The standard InChI is InChI=1S/C22H16N2/c23-15-18-11-12-21-20(13-18)14-22(19-9-5-2-6-10-19)24(21)16-17-7-3-1-4-8-17/h1-14H,16H2. The number of rotatable bonds is 3. The van der Waals surface area contributed by atoms with E-state index < -0.39 is 0 Å². The number of fused-ring (bicyclic) bond motifs is 1. The molecule has 0 spiro atoms. The lowest BCUT2D eigenvalue weighted by atomic mass is 10.1. The van der Waals surface area contributed by atoms with E-state index in [0.29, 0.717) is 5.56 Å². The van der Waals surface area contributed by atoms with E-state index in [4.69, 9.17) is 5.26 Å². The average molecular weight is 308 g/mol. The fourth-order valence-electron chi connectivity index (χ4n) is 3.12. The molecule has 0 aliphatic heterocycles. The highest BCUT2D eigenvalue weighted by Gasteiger charge is 2.11. The Morgan fingerprint density at radius 2 is 1.50 bits per heavy atom. The molecule has 0 radical (unpaired) electrons. The smallest absolute Gasteiger partial charge is 0.0991 e. The number of nitriles is 1. The molecule has 114 valence electrons. The second-order valence-corrected chi connectivity index (χ2v) is 5.85. The summed E-state index contributed by atoms with van der Waals surface area (Å²) >= 11 is 0. The molecule has 0 fully saturated rings. The Labute approximate surface area is 141 Å². The highest BCUT2D eigenvalue weighted by atomic mass is 15.0. The maximum atomic E-state index is 9.17. The van der Waals surface area contributed by atoms with E-state index in [2.05, 4.69) is 65.2 Å². The van der Waals surface area contributed by atoms with Gasteiger partial charge in [-0.15, -0.1) is 0 Å². The molecule has 1 heterocycles. The van der Waals surface area contributed by atoms with Crippen molar-refractivity contribution in [1.29, 1.82) is 5.26 Å². The van der Waals surface area contributed by atoms with E-state index in [-0.39, 0.29) is 0 Å². The molecule has 0 saturated heterocycles. The van der Waals surface area contributed by atoms with Gasteiger partial charge in [-0.05, 0) is 35.4 Å². The van der Waals surface area contributed by atoms with Crippen LogP contribution in [0.5, 0.6) is 0 Å². The fraction of sp³-hybridized carbons (Fsp3) is 0.0455. The molecular formula is C22H16N2. The monoisotopic (exact) mass is 308 g/mol. The van der Waals surface area contributed by atoms with Gasteiger partial charge >= 0.3 is 0 Å². The molecule has 1 aromatic heterocycles. The number of nitrogens with zero attached hydrogens (tertiary/aromatic N) is 2. The first kappa shape index (κ1) is 14.3. The zero-order chi connectivity index (χ0) is 16.4. The Morgan fingerprint density at radius 3 is 2.21 bits per heavy atom. The van der Waals surface area contributed by atoms with Gasteiger partial charge in [-0.1, -0.05) is 60.7 Å². The summed E-state index contributed by atoms with van der Waals surface area (Å²) in [6.45, 7) is 0.806. The van der Waals surface area contributed by atoms with Crippen LogP contribution in [0.25, 0.3) is 22.2 Å². The van der Waals surface area contributed by atoms with Crippen molar-refractivity contribution in [2.75, 3.05) is 0 Å². The van der Waals surface area contributed by atoms with Crippen molar-refractivity contribution in [1.82, 2.24) is 4.57 Å². The molecule has 0 atom stereocenters. The normalized spacial score (nSPS) is 10.6. The Bertz CT molecular complexity index is 1020. The second-order valence-electron chi connectivity index (χ2n) is 5.85. The van der Waals surface area contributed by atoms with Crippen molar-refractivity contribution in [2.45, 2.75) is 6.54 Å². The summed E-state index contributed by atoms with van der Waals surface area (Å²) in [5, 5.41) is 10.3. The van der Waals surface area contributed by atoms with Crippen molar-refractivity contribution in [3.8, 4) is 17.3 Å². The Morgan fingerprint density at radius 1 is 0.792 bits per heavy atom. The molecule has 0 aliphatic carbocycles. The third kappa shape index (κ3) is 2.57. The minimum absolute atomic E-state index is 0.693. The molecule has 4 aromatic rings. The van der Waals surface area contributed by atoms with Gasteiger partial charge in [0.05, 0.1) is 11.6 Å². The molecule has 0 saturated carbocycles. The summed E-state index contributed by atoms with van der Waals surface area (Å²) in [5.74, 6) is 0. The zero-order valence-electron chi connectivity index (χ0n) is 13.2. The van der Waals surface area contributed by atoms with Gasteiger partial charge < -0.3 is 4.57 Å². The van der Waals surface area contributed by atoms with Crippen LogP contribution in [0, 0.1) is 11.3 Å². The van der Waals surface area contributed by atoms with E-state index >= 15 is 0 Å². The maximum Gasteiger partial charge on any atom is 0.0991 e. The Hall–Kier alpha value is -3.31. The van der Waals surface area contributed by atoms with Crippen molar-refractivity contribution in [2.24, 2.45) is 0 Å². The summed E-state index contributed by atoms with van der Waals surface area (Å²) in [6, 6.07) is 31.1. The molecule has 2 heteroatoms. The summed E-state index contributed by atoms with van der Waals surface area (Å²) in [6.07, 6.45) is 0. The second kappa shape index (κ2) is 6.06. The lowest BCUT2D eigenvalue weighted by molar-refractivity contribution is 0.845.